The Balaban J connectivity index is 2.41. The van der Waals surface area contributed by atoms with Crippen LogP contribution in [0.5, 0.6) is 0 Å². The Bertz CT molecular complexity index is 338. The van der Waals surface area contributed by atoms with E-state index >= 15 is 0 Å². The number of aliphatic carboxylic acids is 1. The fraction of sp³-hybridized carbons (Fsp3) is 0.857. The van der Waals surface area contributed by atoms with Gasteiger partial charge in [0.05, 0.1) is 0 Å². The number of carbonyl (C=O) groups is 2. The largest absolute Gasteiger partial charge is 0.481 e. The summed E-state index contributed by atoms with van der Waals surface area (Å²) in [6, 6.07) is 0.00105. The van der Waals surface area contributed by atoms with Gasteiger partial charge < -0.3 is 15.3 Å². The molecule has 1 fully saturated rings. The number of rotatable bonds is 8. The van der Waals surface area contributed by atoms with Crippen LogP contribution >= 0.6 is 11.8 Å². The second-order valence-corrected chi connectivity index (χ2v) is 6.96. The van der Waals surface area contributed by atoms with Gasteiger partial charge >= 0.3 is 12.0 Å². The number of carbonyl (C=O) groups excluding carboxylic acids is 1. The van der Waals surface area contributed by atoms with Crippen molar-refractivity contribution in [3.8, 4) is 0 Å². The quantitative estimate of drug-likeness (QED) is 0.723. The van der Waals surface area contributed by atoms with Crippen molar-refractivity contribution in [2.45, 2.75) is 56.7 Å². The average Bonchev–Trinajstić information content (AvgIpc) is 2.32. The van der Waals surface area contributed by atoms with E-state index in [9.17, 15) is 9.59 Å². The monoisotopic (exact) mass is 302 g/mol. The Labute approximate surface area is 125 Å². The summed E-state index contributed by atoms with van der Waals surface area (Å²) in [6.07, 6.45) is 6.26. The Morgan fingerprint density at radius 1 is 1.40 bits per heavy atom. The summed E-state index contributed by atoms with van der Waals surface area (Å²) in [4.78, 5) is 24.5. The fourth-order valence-corrected chi connectivity index (χ4v) is 3.27. The SMILES string of the molecule is CSC1(CNC(=O)N(CCCC(=O)O)C(C)C)CCC1. The first-order chi connectivity index (χ1) is 9.40. The van der Waals surface area contributed by atoms with Gasteiger partial charge in [0.2, 0.25) is 0 Å². The summed E-state index contributed by atoms with van der Waals surface area (Å²) in [5.41, 5.74) is 0. The van der Waals surface area contributed by atoms with Gasteiger partial charge in [0.1, 0.15) is 0 Å². The van der Waals surface area contributed by atoms with Crippen LogP contribution in [0, 0.1) is 0 Å². The zero-order chi connectivity index (χ0) is 15.2. The molecule has 1 aliphatic rings. The number of carboxylic acids is 1. The third-order valence-electron chi connectivity index (χ3n) is 3.93. The van der Waals surface area contributed by atoms with Crippen LogP contribution in [0.25, 0.3) is 0 Å². The van der Waals surface area contributed by atoms with Gasteiger partial charge in [0, 0.05) is 30.3 Å². The summed E-state index contributed by atoms with van der Waals surface area (Å²) < 4.78 is 0.222. The highest BCUT2D eigenvalue weighted by molar-refractivity contribution is 8.00. The number of carboxylic acid groups (broad SMARTS) is 1. The molecule has 1 rings (SSSR count). The van der Waals surface area contributed by atoms with Gasteiger partial charge in [-0.3, -0.25) is 4.79 Å². The molecule has 0 aromatic rings. The molecule has 1 aliphatic carbocycles. The lowest BCUT2D eigenvalue weighted by molar-refractivity contribution is -0.137. The lowest BCUT2D eigenvalue weighted by Gasteiger charge is -2.41. The first-order valence-corrected chi connectivity index (χ1v) is 8.44. The minimum atomic E-state index is -0.815. The number of urea groups is 1. The van der Waals surface area contributed by atoms with Crippen LogP contribution in [-0.4, -0.2) is 52.1 Å². The number of nitrogens with zero attached hydrogens (tertiary/aromatic N) is 1. The maximum atomic E-state index is 12.2. The molecule has 0 saturated heterocycles. The predicted molar refractivity (Wildman–Crippen MR) is 82.2 cm³/mol. The van der Waals surface area contributed by atoms with Crippen molar-refractivity contribution in [2.75, 3.05) is 19.3 Å². The number of hydrogen-bond acceptors (Lipinski definition) is 3. The van der Waals surface area contributed by atoms with Gasteiger partial charge in [-0.05, 0) is 39.4 Å². The first-order valence-electron chi connectivity index (χ1n) is 7.21. The molecule has 5 nitrogen and oxygen atoms in total. The van der Waals surface area contributed by atoms with E-state index in [1.54, 1.807) is 4.90 Å². The Morgan fingerprint density at radius 3 is 2.45 bits per heavy atom. The Kier molecular flexibility index (Phi) is 6.65. The molecule has 0 radical (unpaired) electrons. The summed E-state index contributed by atoms with van der Waals surface area (Å²) in [7, 11) is 0. The zero-order valence-electron chi connectivity index (χ0n) is 12.6. The maximum absolute atomic E-state index is 12.2. The topological polar surface area (TPSA) is 69.6 Å². The Hall–Kier alpha value is -0.910. The average molecular weight is 302 g/mol. The molecule has 0 aliphatic heterocycles. The molecule has 1 saturated carbocycles. The molecule has 116 valence electrons. The molecule has 0 atom stereocenters. The van der Waals surface area contributed by atoms with Crippen molar-refractivity contribution in [3.63, 3.8) is 0 Å². The summed E-state index contributed by atoms with van der Waals surface area (Å²) in [5.74, 6) is -0.815. The maximum Gasteiger partial charge on any atom is 0.317 e. The highest BCUT2D eigenvalue weighted by atomic mass is 32.2. The number of hydrogen-bond donors (Lipinski definition) is 2. The molecule has 0 bridgehead atoms. The van der Waals surface area contributed by atoms with E-state index < -0.39 is 5.97 Å². The molecule has 0 unspecified atom stereocenters. The number of nitrogens with one attached hydrogen (secondary N) is 1. The second-order valence-electron chi connectivity index (χ2n) is 5.68. The van der Waals surface area contributed by atoms with Crippen molar-refractivity contribution >= 4 is 23.8 Å². The van der Waals surface area contributed by atoms with Crippen molar-refractivity contribution in [1.82, 2.24) is 10.2 Å². The third-order valence-corrected chi connectivity index (χ3v) is 5.35. The van der Waals surface area contributed by atoms with Gasteiger partial charge in [-0.15, -0.1) is 0 Å². The van der Waals surface area contributed by atoms with E-state index in [1.807, 2.05) is 25.6 Å². The van der Waals surface area contributed by atoms with Gasteiger partial charge in [0.25, 0.3) is 0 Å². The summed E-state index contributed by atoms with van der Waals surface area (Å²) in [5, 5.41) is 11.7. The van der Waals surface area contributed by atoms with Gasteiger partial charge in [-0.2, -0.15) is 11.8 Å². The van der Waals surface area contributed by atoms with Crippen molar-refractivity contribution in [1.29, 1.82) is 0 Å². The number of amides is 2. The molecule has 2 amide bonds. The second kappa shape index (κ2) is 7.76. The van der Waals surface area contributed by atoms with E-state index in [0.29, 0.717) is 19.5 Å². The predicted octanol–water partition coefficient (Wildman–Crippen LogP) is 2.56. The zero-order valence-corrected chi connectivity index (χ0v) is 13.5. The molecule has 0 aromatic carbocycles. The van der Waals surface area contributed by atoms with Crippen molar-refractivity contribution in [3.05, 3.63) is 0 Å². The molecule has 6 heteroatoms. The first kappa shape index (κ1) is 17.1. The standard InChI is InChI=1S/C14H26N2O3S/c1-11(2)16(9-4-6-12(17)18)13(19)15-10-14(20-3)7-5-8-14/h11H,4-10H2,1-3H3,(H,15,19)(H,17,18). The highest BCUT2D eigenvalue weighted by Crippen LogP contribution is 2.42. The van der Waals surface area contributed by atoms with Crippen molar-refractivity contribution < 1.29 is 14.7 Å². The third kappa shape index (κ3) is 4.89. The molecule has 2 N–H and O–H groups in total. The smallest absolute Gasteiger partial charge is 0.317 e. The van der Waals surface area contributed by atoms with Gasteiger partial charge in [0.15, 0.2) is 0 Å². The van der Waals surface area contributed by atoms with Crippen LogP contribution in [0.2, 0.25) is 0 Å². The molecule has 20 heavy (non-hydrogen) atoms. The molecule has 0 heterocycles. The van der Waals surface area contributed by atoms with Crippen molar-refractivity contribution in [2.24, 2.45) is 0 Å². The molecule has 0 aromatic heterocycles. The van der Waals surface area contributed by atoms with Crippen LogP contribution in [0.4, 0.5) is 4.79 Å². The van der Waals surface area contributed by atoms with Crippen LogP contribution < -0.4 is 5.32 Å². The molecular formula is C14H26N2O3S. The van der Waals surface area contributed by atoms with E-state index in [4.69, 9.17) is 5.11 Å². The van der Waals surface area contributed by atoms with Crippen LogP contribution in [-0.2, 0) is 4.79 Å². The van der Waals surface area contributed by atoms with Gasteiger partial charge in [-0.25, -0.2) is 4.79 Å². The highest BCUT2D eigenvalue weighted by Gasteiger charge is 2.36. The minimum Gasteiger partial charge on any atom is -0.481 e. The van der Waals surface area contributed by atoms with E-state index in [-0.39, 0.29) is 23.2 Å². The fourth-order valence-electron chi connectivity index (χ4n) is 2.36. The summed E-state index contributed by atoms with van der Waals surface area (Å²) in [6.45, 7) is 5.10. The molecular weight excluding hydrogens is 276 g/mol. The lowest BCUT2D eigenvalue weighted by Crippen LogP contribution is -2.51. The normalized spacial score (nSPS) is 16.6. The van der Waals surface area contributed by atoms with E-state index in [2.05, 4.69) is 11.6 Å². The summed E-state index contributed by atoms with van der Waals surface area (Å²) >= 11 is 1.83. The van der Waals surface area contributed by atoms with E-state index in [0.717, 1.165) is 12.8 Å². The molecule has 0 spiro atoms. The van der Waals surface area contributed by atoms with Crippen LogP contribution in [0.15, 0.2) is 0 Å². The number of thioether (sulfide) groups is 1. The van der Waals surface area contributed by atoms with Crippen LogP contribution in [0.1, 0.15) is 46.0 Å². The Morgan fingerprint density at radius 2 is 2.05 bits per heavy atom. The van der Waals surface area contributed by atoms with E-state index in [1.165, 1.54) is 6.42 Å². The lowest BCUT2D eigenvalue weighted by atomic mass is 9.84. The van der Waals surface area contributed by atoms with Gasteiger partial charge in [-0.1, -0.05) is 6.42 Å². The minimum absolute atomic E-state index is 0.0780. The van der Waals surface area contributed by atoms with Crippen LogP contribution in [0.3, 0.4) is 0 Å².